The predicted molar refractivity (Wildman–Crippen MR) is 195 cm³/mol. The molecule has 0 radical (unpaired) electrons. The van der Waals surface area contributed by atoms with Crippen LogP contribution in [0.15, 0.2) is 0 Å². The van der Waals surface area contributed by atoms with E-state index in [9.17, 15) is 0 Å². The van der Waals surface area contributed by atoms with Crippen LogP contribution in [0.4, 0.5) is 0 Å². The van der Waals surface area contributed by atoms with Crippen LogP contribution in [0.1, 0.15) is 0 Å². The van der Waals surface area contributed by atoms with Crippen LogP contribution in [0, 0.1) is 0 Å². The summed E-state index contributed by atoms with van der Waals surface area (Å²) in [6.45, 7) is 21.1. The fourth-order valence-corrected chi connectivity index (χ4v) is 3.96. The van der Waals surface area contributed by atoms with Crippen molar-refractivity contribution in [1.82, 2.24) is 0 Å². The maximum Gasteiger partial charge on any atom is 0.0701 e. The van der Waals surface area contributed by atoms with Gasteiger partial charge in [0.25, 0.3) is 0 Å². The molecule has 0 unspecified atom stereocenters. The van der Waals surface area contributed by atoms with Crippen LogP contribution >= 0.6 is 0 Å². The van der Waals surface area contributed by atoms with Crippen LogP contribution in [0.2, 0.25) is 0 Å². The molecule has 3 fully saturated rings. The van der Waals surface area contributed by atoms with Crippen LogP contribution in [-0.4, -0.2) is 238 Å². The summed E-state index contributed by atoms with van der Waals surface area (Å²) in [4.78, 5) is 0. The molecule has 18 heteroatoms. The molecule has 3 heterocycles. The Bertz CT molecular complexity index is 445. The summed E-state index contributed by atoms with van der Waals surface area (Å²) < 4.78 is 95.9. The number of hydrogen-bond donors (Lipinski definition) is 0. The van der Waals surface area contributed by atoms with Gasteiger partial charge in [0.15, 0.2) is 0 Å². The van der Waals surface area contributed by atoms with Gasteiger partial charge in [-0.25, -0.2) is 0 Å². The molecule has 3 aliphatic heterocycles. The van der Waals surface area contributed by atoms with Gasteiger partial charge in [-0.1, -0.05) is 0 Å². The zero-order valence-electron chi connectivity index (χ0n) is 32.8. The van der Waals surface area contributed by atoms with Gasteiger partial charge < -0.3 is 85.3 Å². The summed E-state index contributed by atoms with van der Waals surface area (Å²) in [5.41, 5.74) is 0. The Morgan fingerprint density at radius 1 is 0.0741 bits per heavy atom. The van der Waals surface area contributed by atoms with Crippen molar-refractivity contribution < 1.29 is 85.3 Å². The van der Waals surface area contributed by atoms with Crippen LogP contribution < -0.4 is 0 Å². The maximum absolute atomic E-state index is 5.36. The van der Waals surface area contributed by atoms with Crippen molar-refractivity contribution in [3.63, 3.8) is 0 Å². The van der Waals surface area contributed by atoms with Crippen LogP contribution in [0.5, 0.6) is 0 Å². The summed E-state index contributed by atoms with van der Waals surface area (Å²) in [6.07, 6.45) is 0. The Morgan fingerprint density at radius 3 is 0.148 bits per heavy atom. The lowest BCUT2D eigenvalue weighted by atomic mass is 10.6. The fraction of sp³-hybridized carbons (Fsp3) is 1.00. The highest BCUT2D eigenvalue weighted by molar-refractivity contribution is 4.41. The molecule has 54 heavy (non-hydrogen) atoms. The smallest absolute Gasteiger partial charge is 0.0701 e. The first-order valence-corrected chi connectivity index (χ1v) is 19.4. The van der Waals surface area contributed by atoms with E-state index >= 15 is 0 Å². The summed E-state index contributed by atoms with van der Waals surface area (Å²) in [7, 11) is 0. The minimum absolute atomic E-state index is 0.570. The van der Waals surface area contributed by atoms with Gasteiger partial charge in [-0.05, 0) is 0 Å². The molecule has 3 saturated heterocycles. The Labute approximate surface area is 323 Å². The zero-order chi connectivity index (χ0) is 38.2. The number of ether oxygens (including phenoxy) is 18. The van der Waals surface area contributed by atoms with Gasteiger partial charge in [-0.2, -0.15) is 0 Å². The van der Waals surface area contributed by atoms with E-state index < -0.39 is 0 Å². The maximum atomic E-state index is 5.36. The molecule has 0 aromatic heterocycles. The molecule has 3 rings (SSSR count). The molecule has 3 aliphatic rings. The standard InChI is InChI=1S/C14H28O7.C12H24O6.C10H20O5/c1-2-16-5-6-18-9-10-20-13-14-21-12-11-19-8-7-17-4-3-15-1;1-2-14-5-6-16-9-10-18-12-11-17-8-7-15-4-3-13-1;1-2-12-5-6-14-9-10-15-8-7-13-4-3-11-1/h1-14H2;1-12H2;1-10H2. The third kappa shape index (κ3) is 45.7. The zero-order valence-corrected chi connectivity index (χ0v) is 32.8. The number of rotatable bonds is 0. The molecule has 0 bridgehead atoms. The van der Waals surface area contributed by atoms with Crippen molar-refractivity contribution in [2.45, 2.75) is 0 Å². The third-order valence-corrected chi connectivity index (χ3v) is 6.70. The topological polar surface area (TPSA) is 166 Å². The largest absolute Gasteiger partial charge is 0.377 e. The first-order valence-electron chi connectivity index (χ1n) is 19.4. The minimum atomic E-state index is 0.570. The van der Waals surface area contributed by atoms with E-state index in [1.54, 1.807) is 0 Å². The Kier molecular flexibility index (Phi) is 46.0. The van der Waals surface area contributed by atoms with E-state index in [-0.39, 0.29) is 0 Å². The second-order valence-electron chi connectivity index (χ2n) is 11.0. The van der Waals surface area contributed by atoms with E-state index in [0.29, 0.717) is 238 Å². The molecule has 0 N–H and O–H groups in total. The van der Waals surface area contributed by atoms with Crippen molar-refractivity contribution in [3.05, 3.63) is 0 Å². The van der Waals surface area contributed by atoms with Gasteiger partial charge in [-0.15, -0.1) is 0 Å². The van der Waals surface area contributed by atoms with E-state index in [1.807, 2.05) is 0 Å². The molecule has 0 aliphatic carbocycles. The molecule has 0 amide bonds. The molecule has 324 valence electrons. The molecular weight excluding hydrogens is 720 g/mol. The molecule has 0 saturated carbocycles. The van der Waals surface area contributed by atoms with Crippen molar-refractivity contribution >= 4 is 0 Å². The average Bonchev–Trinajstić information content (AvgIpc) is 3.20. The lowest BCUT2D eigenvalue weighted by Gasteiger charge is -2.09. The van der Waals surface area contributed by atoms with Gasteiger partial charge in [0, 0.05) is 0 Å². The summed E-state index contributed by atoms with van der Waals surface area (Å²) in [5, 5.41) is 0. The van der Waals surface area contributed by atoms with Crippen molar-refractivity contribution in [2.75, 3.05) is 238 Å². The molecule has 0 aromatic carbocycles. The SMILES string of the molecule is C1COCCOCCOCCOCCO1.C1COCCOCCOCCOCCOCCO1.C1COCCOCCOCCOCCOCCOCCO1. The van der Waals surface area contributed by atoms with Gasteiger partial charge in [0.05, 0.1) is 238 Å². The van der Waals surface area contributed by atoms with Crippen LogP contribution in [0.25, 0.3) is 0 Å². The van der Waals surface area contributed by atoms with Crippen molar-refractivity contribution in [3.8, 4) is 0 Å². The molecular formula is C36H72O18. The van der Waals surface area contributed by atoms with Gasteiger partial charge in [0.1, 0.15) is 0 Å². The fourth-order valence-electron chi connectivity index (χ4n) is 3.96. The van der Waals surface area contributed by atoms with Gasteiger partial charge >= 0.3 is 0 Å². The minimum Gasteiger partial charge on any atom is -0.377 e. The number of hydrogen-bond acceptors (Lipinski definition) is 18. The van der Waals surface area contributed by atoms with Gasteiger partial charge in [0.2, 0.25) is 0 Å². The van der Waals surface area contributed by atoms with E-state index in [1.165, 1.54) is 0 Å². The lowest BCUT2D eigenvalue weighted by Crippen LogP contribution is -2.16. The second-order valence-corrected chi connectivity index (χ2v) is 11.0. The highest BCUT2D eigenvalue weighted by Gasteiger charge is 1.99. The van der Waals surface area contributed by atoms with Crippen LogP contribution in [0.3, 0.4) is 0 Å². The average molecular weight is 793 g/mol. The van der Waals surface area contributed by atoms with E-state index in [0.717, 1.165) is 0 Å². The first-order chi connectivity index (χ1) is 27.0. The first kappa shape index (κ1) is 51.3. The van der Waals surface area contributed by atoms with Crippen molar-refractivity contribution in [2.24, 2.45) is 0 Å². The van der Waals surface area contributed by atoms with Crippen molar-refractivity contribution in [1.29, 1.82) is 0 Å². The Hall–Kier alpha value is -0.720. The predicted octanol–water partition coefficient (Wildman–Crippen LogP) is 0.299. The highest BCUT2D eigenvalue weighted by Crippen LogP contribution is 1.89. The van der Waals surface area contributed by atoms with Crippen LogP contribution in [-0.2, 0) is 85.3 Å². The monoisotopic (exact) mass is 792 g/mol. The molecule has 0 spiro atoms. The quantitative estimate of drug-likeness (QED) is 0.329. The second kappa shape index (κ2) is 48.4. The lowest BCUT2D eigenvalue weighted by molar-refractivity contribution is -0.0334. The normalized spacial score (nSPS) is 24.0. The third-order valence-electron chi connectivity index (χ3n) is 6.70. The molecule has 0 aromatic rings. The highest BCUT2D eigenvalue weighted by atomic mass is 16.6. The van der Waals surface area contributed by atoms with E-state index in [4.69, 9.17) is 85.3 Å². The summed E-state index contributed by atoms with van der Waals surface area (Å²) in [6, 6.07) is 0. The Balaban J connectivity index is 0.000000411. The van der Waals surface area contributed by atoms with Gasteiger partial charge in [-0.3, -0.25) is 0 Å². The molecule has 18 nitrogen and oxygen atoms in total. The molecule has 0 atom stereocenters. The van der Waals surface area contributed by atoms with E-state index in [2.05, 4.69) is 0 Å². The summed E-state index contributed by atoms with van der Waals surface area (Å²) in [5.74, 6) is 0. The Morgan fingerprint density at radius 2 is 0.111 bits per heavy atom. The summed E-state index contributed by atoms with van der Waals surface area (Å²) >= 11 is 0.